The van der Waals surface area contributed by atoms with Crippen molar-refractivity contribution in [3.05, 3.63) is 17.7 Å². The molecule has 5 nitrogen and oxygen atoms in total. The summed E-state index contributed by atoms with van der Waals surface area (Å²) in [6.07, 6.45) is 7.53. The summed E-state index contributed by atoms with van der Waals surface area (Å²) in [5, 5.41) is 3.42. The van der Waals surface area contributed by atoms with Crippen LogP contribution in [0.1, 0.15) is 43.6 Å². The minimum atomic E-state index is 0. The van der Waals surface area contributed by atoms with E-state index in [0.29, 0.717) is 24.1 Å². The van der Waals surface area contributed by atoms with E-state index in [-0.39, 0.29) is 17.8 Å². The second-order valence-electron chi connectivity index (χ2n) is 8.70. The third-order valence-electron chi connectivity index (χ3n) is 7.21. The highest BCUT2D eigenvalue weighted by Gasteiger charge is 2.57. The Kier molecular flexibility index (Phi) is 6.45. The van der Waals surface area contributed by atoms with Gasteiger partial charge in [0.15, 0.2) is 11.5 Å². The van der Waals surface area contributed by atoms with Crippen molar-refractivity contribution in [1.82, 2.24) is 5.32 Å². The van der Waals surface area contributed by atoms with Gasteiger partial charge in [-0.2, -0.15) is 0 Å². The summed E-state index contributed by atoms with van der Waals surface area (Å²) >= 11 is 0. The van der Waals surface area contributed by atoms with Crippen LogP contribution in [-0.4, -0.2) is 40.7 Å². The van der Waals surface area contributed by atoms with Gasteiger partial charge in [0.05, 0.1) is 27.9 Å². The molecule has 0 aromatic heterocycles. The monoisotopic (exact) mass is 409 g/mol. The summed E-state index contributed by atoms with van der Waals surface area (Å²) in [5.74, 6) is 4.99. The summed E-state index contributed by atoms with van der Waals surface area (Å²) in [6.45, 7) is 1.35. The fourth-order valence-electron chi connectivity index (χ4n) is 6.75. The van der Waals surface area contributed by atoms with Crippen LogP contribution in [0, 0.1) is 23.2 Å². The molecule has 4 bridgehead atoms. The first-order chi connectivity index (χ1) is 13.1. The predicted octanol–water partition coefficient (Wildman–Crippen LogP) is 3.83. The quantitative estimate of drug-likeness (QED) is 0.522. The molecule has 1 aromatic carbocycles. The maximum absolute atomic E-state index is 10.9. The molecular formula is C22H32ClNO4. The smallest absolute Gasteiger partial charge is 0.203 e. The zero-order chi connectivity index (χ0) is 19.0. The van der Waals surface area contributed by atoms with E-state index < -0.39 is 0 Å². The van der Waals surface area contributed by atoms with Gasteiger partial charge >= 0.3 is 0 Å². The highest BCUT2D eigenvalue weighted by molar-refractivity contribution is 5.85. The van der Waals surface area contributed by atoms with Crippen molar-refractivity contribution in [2.45, 2.75) is 38.0 Å². The zero-order valence-electron chi connectivity index (χ0n) is 17.0. The number of nitrogens with one attached hydrogen (secondary N) is 1. The molecule has 1 N–H and O–H groups in total. The van der Waals surface area contributed by atoms with Crippen molar-refractivity contribution < 1.29 is 19.0 Å². The summed E-state index contributed by atoms with van der Waals surface area (Å²) in [5.41, 5.74) is 1.52. The standard InChI is InChI=1S/C22H31NO4.ClH/c1-25-18-9-17(10-19(26-2)21(18)27-3)20-16-7-14-6-15(8-16)12-22(20,11-14)13-23-4-5-24;/h5,9-10,14-16,20,23H,4,6-8,11-13H2,1-3H3;1H. The van der Waals surface area contributed by atoms with Gasteiger partial charge in [-0.15, -0.1) is 12.4 Å². The molecule has 4 aliphatic rings. The van der Waals surface area contributed by atoms with Crippen molar-refractivity contribution in [3.63, 3.8) is 0 Å². The fourth-order valence-corrected chi connectivity index (χ4v) is 6.75. The molecule has 0 heterocycles. The number of hydrogen-bond donors (Lipinski definition) is 1. The molecule has 156 valence electrons. The summed E-state index contributed by atoms with van der Waals surface area (Å²) in [7, 11) is 5.01. The molecule has 6 heteroatoms. The fraction of sp³-hybridized carbons (Fsp3) is 0.682. The van der Waals surface area contributed by atoms with E-state index in [1.165, 1.54) is 37.7 Å². The van der Waals surface area contributed by atoms with Crippen molar-refractivity contribution >= 4 is 18.7 Å². The molecular weight excluding hydrogens is 378 g/mol. The van der Waals surface area contributed by atoms with Crippen LogP contribution < -0.4 is 19.5 Å². The number of ether oxygens (including phenoxy) is 3. The molecule has 3 unspecified atom stereocenters. The van der Waals surface area contributed by atoms with Gasteiger partial charge in [-0.1, -0.05) is 0 Å². The van der Waals surface area contributed by atoms with Crippen LogP contribution in [-0.2, 0) is 4.79 Å². The Hall–Kier alpha value is -1.46. The van der Waals surface area contributed by atoms with Gasteiger partial charge in [0.25, 0.3) is 0 Å². The maximum Gasteiger partial charge on any atom is 0.203 e. The van der Waals surface area contributed by atoms with E-state index in [9.17, 15) is 4.79 Å². The average molecular weight is 410 g/mol. The first-order valence-electron chi connectivity index (χ1n) is 10.1. The SMILES string of the molecule is COc1cc(C2C3CC4CC(C3)CC2(CNCC=O)C4)cc(OC)c1OC.Cl. The molecule has 3 atom stereocenters. The van der Waals surface area contributed by atoms with E-state index in [1.807, 2.05) is 0 Å². The van der Waals surface area contributed by atoms with Gasteiger partial charge in [0.1, 0.15) is 6.29 Å². The van der Waals surface area contributed by atoms with Gasteiger partial charge in [-0.05, 0) is 78.9 Å². The maximum atomic E-state index is 10.9. The molecule has 28 heavy (non-hydrogen) atoms. The topological polar surface area (TPSA) is 56.8 Å². The Labute approximate surface area is 173 Å². The number of rotatable bonds is 8. The summed E-state index contributed by atoms with van der Waals surface area (Å²) in [4.78, 5) is 10.9. The van der Waals surface area contributed by atoms with Crippen LogP contribution in [0.25, 0.3) is 0 Å². The highest BCUT2D eigenvalue weighted by Crippen LogP contribution is 2.66. The van der Waals surface area contributed by atoms with Crippen LogP contribution in [0.15, 0.2) is 12.1 Å². The van der Waals surface area contributed by atoms with Crippen LogP contribution >= 0.6 is 12.4 Å². The largest absolute Gasteiger partial charge is 0.493 e. The summed E-state index contributed by atoms with van der Waals surface area (Å²) < 4.78 is 16.8. The zero-order valence-corrected chi connectivity index (χ0v) is 17.8. The third kappa shape index (κ3) is 3.48. The second kappa shape index (κ2) is 8.50. The average Bonchev–Trinajstić information content (AvgIpc) is 2.66. The first-order valence-corrected chi connectivity index (χ1v) is 10.1. The molecule has 0 aliphatic heterocycles. The van der Waals surface area contributed by atoms with Crippen LogP contribution in [0.4, 0.5) is 0 Å². The lowest BCUT2D eigenvalue weighted by molar-refractivity contribution is -0.107. The lowest BCUT2D eigenvalue weighted by Gasteiger charge is -2.61. The van der Waals surface area contributed by atoms with Gasteiger partial charge < -0.3 is 24.3 Å². The molecule has 4 saturated carbocycles. The van der Waals surface area contributed by atoms with Gasteiger partial charge in [-0.3, -0.25) is 0 Å². The molecule has 4 aliphatic carbocycles. The van der Waals surface area contributed by atoms with E-state index in [1.54, 1.807) is 21.3 Å². The first kappa shape index (κ1) is 21.3. The van der Waals surface area contributed by atoms with Crippen molar-refractivity contribution in [2.24, 2.45) is 23.2 Å². The van der Waals surface area contributed by atoms with Crippen molar-refractivity contribution in [2.75, 3.05) is 34.4 Å². The normalized spacial score (nSPS) is 32.5. The third-order valence-corrected chi connectivity index (χ3v) is 7.21. The molecule has 0 radical (unpaired) electrons. The Balaban J connectivity index is 0.00000225. The lowest BCUT2D eigenvalue weighted by atomic mass is 9.44. The second-order valence-corrected chi connectivity index (χ2v) is 8.70. The van der Waals surface area contributed by atoms with Crippen molar-refractivity contribution in [1.29, 1.82) is 0 Å². The minimum Gasteiger partial charge on any atom is -0.493 e. The number of carbonyl (C=O) groups is 1. The number of benzene rings is 1. The molecule has 0 spiro atoms. The van der Waals surface area contributed by atoms with E-state index in [0.717, 1.165) is 36.2 Å². The predicted molar refractivity (Wildman–Crippen MR) is 111 cm³/mol. The number of hydrogen-bond acceptors (Lipinski definition) is 5. The number of carbonyl (C=O) groups excluding carboxylic acids is 1. The molecule has 0 saturated heterocycles. The van der Waals surface area contributed by atoms with Crippen LogP contribution in [0.3, 0.4) is 0 Å². The van der Waals surface area contributed by atoms with E-state index in [2.05, 4.69) is 17.4 Å². The van der Waals surface area contributed by atoms with Gasteiger partial charge in [0.2, 0.25) is 5.75 Å². The molecule has 4 fully saturated rings. The van der Waals surface area contributed by atoms with Crippen LogP contribution in [0.2, 0.25) is 0 Å². The number of halogens is 1. The van der Waals surface area contributed by atoms with Gasteiger partial charge in [0, 0.05) is 6.54 Å². The van der Waals surface area contributed by atoms with E-state index in [4.69, 9.17) is 14.2 Å². The van der Waals surface area contributed by atoms with E-state index >= 15 is 0 Å². The minimum absolute atomic E-state index is 0. The molecule has 1 aromatic rings. The Morgan fingerprint density at radius 1 is 1.04 bits per heavy atom. The molecule has 0 amide bonds. The summed E-state index contributed by atoms with van der Waals surface area (Å²) in [6, 6.07) is 4.30. The Morgan fingerprint density at radius 3 is 2.14 bits per heavy atom. The molecule has 5 rings (SSSR count). The number of aldehydes is 1. The van der Waals surface area contributed by atoms with Crippen molar-refractivity contribution in [3.8, 4) is 17.2 Å². The number of methoxy groups -OCH3 is 3. The Bertz CT molecular complexity index is 671. The lowest BCUT2D eigenvalue weighted by Crippen LogP contribution is -2.55. The van der Waals surface area contributed by atoms with Crippen LogP contribution in [0.5, 0.6) is 17.2 Å². The highest BCUT2D eigenvalue weighted by atomic mass is 35.5. The van der Waals surface area contributed by atoms with Gasteiger partial charge in [-0.25, -0.2) is 0 Å². The Morgan fingerprint density at radius 2 is 1.64 bits per heavy atom.